The molecule has 0 aromatic heterocycles. The van der Waals surface area contributed by atoms with Crippen molar-refractivity contribution in [2.75, 3.05) is 6.61 Å². The molecule has 3 nitrogen and oxygen atoms in total. The van der Waals surface area contributed by atoms with Gasteiger partial charge in [-0.15, -0.1) is 0 Å². The van der Waals surface area contributed by atoms with E-state index in [4.69, 9.17) is 9.47 Å². The van der Waals surface area contributed by atoms with Gasteiger partial charge in [-0.1, -0.05) is 6.08 Å². The first kappa shape index (κ1) is 10.5. The maximum absolute atomic E-state index is 9.90. The van der Waals surface area contributed by atoms with Crippen molar-refractivity contribution in [2.45, 2.75) is 31.8 Å². The number of fused-ring (bicyclic) bond motifs is 3. The third-order valence-electron chi connectivity index (χ3n) is 3.42. The van der Waals surface area contributed by atoms with Crippen LogP contribution in [0.5, 0.6) is 17.2 Å². The Morgan fingerprint density at radius 1 is 1.47 bits per heavy atom. The van der Waals surface area contributed by atoms with Crippen LogP contribution in [0.4, 0.5) is 0 Å². The molecule has 3 rings (SSSR count). The van der Waals surface area contributed by atoms with Crippen molar-refractivity contribution in [1.82, 2.24) is 0 Å². The van der Waals surface area contributed by atoms with Gasteiger partial charge in [0.1, 0.15) is 11.9 Å². The molecule has 1 N–H and O–H groups in total. The van der Waals surface area contributed by atoms with Gasteiger partial charge in [-0.25, -0.2) is 0 Å². The summed E-state index contributed by atoms with van der Waals surface area (Å²) in [5, 5.41) is 9.90. The Hall–Kier alpha value is -1.64. The molecule has 3 heteroatoms. The van der Waals surface area contributed by atoms with E-state index in [1.165, 1.54) is 0 Å². The Balaban J connectivity index is 2.00. The first-order valence-corrected chi connectivity index (χ1v) is 6.12. The summed E-state index contributed by atoms with van der Waals surface area (Å²) in [6.07, 6.45) is 6.58. The number of phenols is 1. The normalized spacial score (nSPS) is 25.0. The fourth-order valence-electron chi connectivity index (χ4n) is 2.63. The minimum absolute atomic E-state index is 0.134. The highest BCUT2D eigenvalue weighted by Gasteiger charge is 2.34. The molecule has 90 valence electrons. The first-order valence-electron chi connectivity index (χ1n) is 6.12. The molecule has 1 heterocycles. The topological polar surface area (TPSA) is 38.7 Å². The summed E-state index contributed by atoms with van der Waals surface area (Å²) in [5.41, 5.74) is 1.11. The monoisotopic (exact) mass is 232 g/mol. The van der Waals surface area contributed by atoms with Crippen molar-refractivity contribution in [2.24, 2.45) is 0 Å². The number of aromatic hydroxyl groups is 1. The van der Waals surface area contributed by atoms with Crippen LogP contribution in [0, 0.1) is 0 Å². The molecule has 0 amide bonds. The number of allylic oxidation sites excluding steroid dienone is 1. The van der Waals surface area contributed by atoms with Gasteiger partial charge in [-0.2, -0.15) is 0 Å². The van der Waals surface area contributed by atoms with Crippen LogP contribution in [-0.4, -0.2) is 17.8 Å². The molecule has 1 aliphatic heterocycles. The Kier molecular flexibility index (Phi) is 2.46. The van der Waals surface area contributed by atoms with E-state index >= 15 is 0 Å². The average molecular weight is 232 g/mol. The summed E-state index contributed by atoms with van der Waals surface area (Å²) < 4.78 is 11.2. The second-order valence-corrected chi connectivity index (χ2v) is 4.49. The van der Waals surface area contributed by atoms with E-state index in [0.717, 1.165) is 24.2 Å². The molecule has 0 fully saturated rings. The molecule has 0 saturated heterocycles. The lowest BCUT2D eigenvalue weighted by Gasteiger charge is -2.18. The second kappa shape index (κ2) is 3.99. The predicted molar refractivity (Wildman–Crippen MR) is 64.8 cm³/mol. The van der Waals surface area contributed by atoms with Crippen LogP contribution in [0.2, 0.25) is 0 Å². The molecule has 1 aliphatic carbocycles. The highest BCUT2D eigenvalue weighted by molar-refractivity contribution is 5.54. The van der Waals surface area contributed by atoms with Crippen LogP contribution in [0.1, 0.15) is 31.2 Å². The highest BCUT2D eigenvalue weighted by atomic mass is 16.5. The molecule has 2 unspecified atom stereocenters. The van der Waals surface area contributed by atoms with Crippen LogP contribution in [-0.2, 0) is 0 Å². The lowest BCUT2D eigenvalue weighted by Crippen LogP contribution is -2.18. The zero-order chi connectivity index (χ0) is 11.8. The van der Waals surface area contributed by atoms with E-state index in [9.17, 15) is 5.11 Å². The van der Waals surface area contributed by atoms with Crippen LogP contribution in [0.25, 0.3) is 0 Å². The van der Waals surface area contributed by atoms with Gasteiger partial charge in [0.2, 0.25) is 0 Å². The number of hydrogen-bond acceptors (Lipinski definition) is 3. The predicted octanol–water partition coefficient (Wildman–Crippen LogP) is 2.99. The Bertz CT molecular complexity index is 465. The van der Waals surface area contributed by atoms with Gasteiger partial charge in [0.15, 0.2) is 11.5 Å². The smallest absolute Gasteiger partial charge is 0.164 e. The first-order chi connectivity index (χ1) is 8.29. The molecule has 1 aromatic rings. The summed E-state index contributed by atoms with van der Waals surface area (Å²) in [6, 6.07) is 3.60. The van der Waals surface area contributed by atoms with Gasteiger partial charge >= 0.3 is 0 Å². The third kappa shape index (κ3) is 1.66. The third-order valence-corrected chi connectivity index (χ3v) is 3.42. The minimum Gasteiger partial charge on any atom is -0.504 e. The second-order valence-electron chi connectivity index (χ2n) is 4.49. The van der Waals surface area contributed by atoms with Gasteiger partial charge < -0.3 is 14.6 Å². The van der Waals surface area contributed by atoms with Gasteiger partial charge in [0.25, 0.3) is 0 Å². The van der Waals surface area contributed by atoms with Gasteiger partial charge in [0, 0.05) is 17.5 Å². The zero-order valence-electron chi connectivity index (χ0n) is 9.85. The molecule has 2 aliphatic rings. The van der Waals surface area contributed by atoms with Crippen LogP contribution in [0.3, 0.4) is 0 Å². The fraction of sp³-hybridized carbons (Fsp3) is 0.429. The van der Waals surface area contributed by atoms with Crippen molar-refractivity contribution in [3.8, 4) is 17.2 Å². The number of hydrogen-bond donors (Lipinski definition) is 1. The molecular weight excluding hydrogens is 216 g/mol. The number of benzene rings is 1. The van der Waals surface area contributed by atoms with Crippen molar-refractivity contribution in [3.63, 3.8) is 0 Å². The lowest BCUT2D eigenvalue weighted by molar-refractivity contribution is 0.243. The summed E-state index contributed by atoms with van der Waals surface area (Å²) in [7, 11) is 0. The van der Waals surface area contributed by atoms with E-state index in [-0.39, 0.29) is 11.9 Å². The summed E-state index contributed by atoms with van der Waals surface area (Å²) in [4.78, 5) is 0. The fourth-order valence-corrected chi connectivity index (χ4v) is 2.63. The Morgan fingerprint density at radius 3 is 3.18 bits per heavy atom. The lowest BCUT2D eigenvalue weighted by atomic mass is 9.87. The molecule has 0 spiro atoms. The molecule has 0 saturated carbocycles. The van der Waals surface area contributed by atoms with Gasteiger partial charge in [-0.3, -0.25) is 0 Å². The van der Waals surface area contributed by atoms with Crippen molar-refractivity contribution < 1.29 is 14.6 Å². The maximum atomic E-state index is 9.90. The van der Waals surface area contributed by atoms with Crippen molar-refractivity contribution >= 4 is 0 Å². The standard InChI is InChI=1S/C14H16O3/c1-2-16-14-8-13-10(7-11(14)15)9-5-3-4-6-12(9)17-13/h4,6-9,12,15H,2-3,5H2,1H3. The van der Waals surface area contributed by atoms with E-state index < -0.39 is 0 Å². The minimum atomic E-state index is 0.134. The maximum Gasteiger partial charge on any atom is 0.164 e. The zero-order valence-corrected chi connectivity index (χ0v) is 9.85. The molecular formula is C14H16O3. The van der Waals surface area contributed by atoms with E-state index in [1.54, 1.807) is 12.1 Å². The van der Waals surface area contributed by atoms with Crippen LogP contribution >= 0.6 is 0 Å². The van der Waals surface area contributed by atoms with E-state index in [1.807, 2.05) is 6.92 Å². The average Bonchev–Trinajstić information content (AvgIpc) is 2.68. The molecule has 2 atom stereocenters. The number of phenolic OH excluding ortho intramolecular Hbond substituents is 1. The van der Waals surface area contributed by atoms with Crippen LogP contribution < -0.4 is 9.47 Å². The van der Waals surface area contributed by atoms with Gasteiger partial charge in [-0.05, 0) is 31.9 Å². The summed E-state index contributed by atoms with van der Waals surface area (Å²) in [5.74, 6) is 1.96. The van der Waals surface area contributed by atoms with Crippen molar-refractivity contribution in [3.05, 3.63) is 29.8 Å². The molecule has 17 heavy (non-hydrogen) atoms. The summed E-state index contributed by atoms with van der Waals surface area (Å²) >= 11 is 0. The molecule has 1 aromatic carbocycles. The molecule has 0 bridgehead atoms. The Morgan fingerprint density at radius 2 is 2.35 bits per heavy atom. The van der Waals surface area contributed by atoms with E-state index in [2.05, 4.69) is 12.2 Å². The van der Waals surface area contributed by atoms with Crippen molar-refractivity contribution in [1.29, 1.82) is 0 Å². The molecule has 0 radical (unpaired) electrons. The number of ether oxygens (including phenoxy) is 2. The van der Waals surface area contributed by atoms with E-state index in [0.29, 0.717) is 18.3 Å². The van der Waals surface area contributed by atoms with Gasteiger partial charge in [0.05, 0.1) is 6.61 Å². The highest BCUT2D eigenvalue weighted by Crippen LogP contribution is 2.47. The Labute approximate surface area is 101 Å². The summed E-state index contributed by atoms with van der Waals surface area (Å²) in [6.45, 7) is 2.44. The quantitative estimate of drug-likeness (QED) is 0.797. The van der Waals surface area contributed by atoms with Crippen LogP contribution in [0.15, 0.2) is 24.3 Å². The number of rotatable bonds is 2. The SMILES string of the molecule is CCOc1cc2c(cc1O)C1CCC=CC1O2. The largest absolute Gasteiger partial charge is 0.504 e.